The van der Waals surface area contributed by atoms with E-state index in [1.165, 1.54) is 52.8 Å². The van der Waals surface area contributed by atoms with Crippen molar-refractivity contribution < 1.29 is 0 Å². The van der Waals surface area contributed by atoms with E-state index < -0.39 is 0 Å². The molecular formula is C38H22N2S. The lowest BCUT2D eigenvalue weighted by Gasteiger charge is -2.13. The molecule has 3 aromatic heterocycles. The fraction of sp³-hybridized carbons (Fsp3) is 0. The molecule has 0 fully saturated rings. The Bertz CT molecular complexity index is 2490. The van der Waals surface area contributed by atoms with E-state index in [1.807, 2.05) is 23.6 Å². The van der Waals surface area contributed by atoms with Crippen LogP contribution in [-0.2, 0) is 0 Å². The predicted molar refractivity (Wildman–Crippen MR) is 176 cm³/mol. The third-order valence-electron chi connectivity index (χ3n) is 8.30. The van der Waals surface area contributed by atoms with Crippen LogP contribution in [0.3, 0.4) is 0 Å². The molecule has 0 spiro atoms. The summed E-state index contributed by atoms with van der Waals surface area (Å²) >= 11 is 1.87. The van der Waals surface area contributed by atoms with E-state index in [1.54, 1.807) is 0 Å². The number of thiophene rings is 1. The van der Waals surface area contributed by atoms with E-state index in [9.17, 15) is 0 Å². The molecule has 0 saturated heterocycles. The van der Waals surface area contributed by atoms with Crippen molar-refractivity contribution in [3.05, 3.63) is 134 Å². The fourth-order valence-electron chi connectivity index (χ4n) is 6.38. The summed E-state index contributed by atoms with van der Waals surface area (Å²) < 4.78 is 2.68. The van der Waals surface area contributed by atoms with Crippen LogP contribution in [0.2, 0.25) is 0 Å². The number of benzene rings is 6. The number of hydrogen-bond acceptors (Lipinski definition) is 3. The highest BCUT2D eigenvalue weighted by Gasteiger charge is 2.13. The van der Waals surface area contributed by atoms with Crippen LogP contribution in [0.5, 0.6) is 0 Å². The molecule has 0 aliphatic heterocycles. The van der Waals surface area contributed by atoms with Crippen LogP contribution in [-0.4, -0.2) is 9.97 Å². The predicted octanol–water partition coefficient (Wildman–Crippen LogP) is 10.8. The minimum absolute atomic E-state index is 0.940. The SMILES string of the molecule is c1cnc2c(c1)ccc1ccc(-c3cccc4c(-c5ccc6c(ccc7sc8ccccc8c76)c5)cccc34)nc12. The first-order chi connectivity index (χ1) is 20.3. The summed E-state index contributed by atoms with van der Waals surface area (Å²) in [5.41, 5.74) is 6.43. The zero-order valence-electron chi connectivity index (χ0n) is 22.0. The Morgan fingerprint density at radius 1 is 0.463 bits per heavy atom. The summed E-state index contributed by atoms with van der Waals surface area (Å²) in [6.07, 6.45) is 1.84. The maximum Gasteiger partial charge on any atom is 0.0972 e. The zero-order chi connectivity index (χ0) is 26.9. The number of fused-ring (bicyclic) bond motifs is 9. The van der Waals surface area contributed by atoms with E-state index in [0.29, 0.717) is 0 Å². The first-order valence-electron chi connectivity index (χ1n) is 13.8. The average molecular weight is 539 g/mol. The first-order valence-corrected chi connectivity index (χ1v) is 14.6. The van der Waals surface area contributed by atoms with Gasteiger partial charge in [0.15, 0.2) is 0 Å². The monoisotopic (exact) mass is 538 g/mol. The molecule has 2 nitrogen and oxygen atoms in total. The normalized spacial score (nSPS) is 11.9. The highest BCUT2D eigenvalue weighted by molar-refractivity contribution is 7.26. The van der Waals surface area contributed by atoms with Gasteiger partial charge >= 0.3 is 0 Å². The van der Waals surface area contributed by atoms with E-state index in [4.69, 9.17) is 4.98 Å². The second-order valence-corrected chi connectivity index (χ2v) is 11.7. The van der Waals surface area contributed by atoms with Gasteiger partial charge in [-0.25, -0.2) is 4.98 Å². The average Bonchev–Trinajstić information content (AvgIpc) is 3.43. The van der Waals surface area contributed by atoms with Crippen LogP contribution in [0, 0.1) is 0 Å². The van der Waals surface area contributed by atoms with Gasteiger partial charge in [-0.2, -0.15) is 0 Å². The quantitative estimate of drug-likeness (QED) is 0.205. The molecule has 0 bridgehead atoms. The van der Waals surface area contributed by atoms with Gasteiger partial charge in [0.1, 0.15) is 0 Å². The second-order valence-electron chi connectivity index (χ2n) is 10.6. The molecule has 190 valence electrons. The molecule has 0 unspecified atom stereocenters. The lowest BCUT2D eigenvalue weighted by Crippen LogP contribution is -1.90. The number of pyridine rings is 2. The molecule has 6 aromatic carbocycles. The van der Waals surface area contributed by atoms with Crippen molar-refractivity contribution in [3.8, 4) is 22.4 Å². The van der Waals surface area contributed by atoms with Gasteiger partial charge in [-0.3, -0.25) is 4.98 Å². The van der Waals surface area contributed by atoms with Crippen molar-refractivity contribution in [3.63, 3.8) is 0 Å². The van der Waals surface area contributed by atoms with Crippen LogP contribution in [0.15, 0.2) is 134 Å². The van der Waals surface area contributed by atoms with E-state index in [0.717, 1.165) is 33.1 Å². The lowest BCUT2D eigenvalue weighted by atomic mass is 9.92. The highest BCUT2D eigenvalue weighted by Crippen LogP contribution is 2.41. The smallest absolute Gasteiger partial charge is 0.0972 e. The van der Waals surface area contributed by atoms with Crippen LogP contribution in [0.4, 0.5) is 0 Å². The molecule has 3 heterocycles. The lowest BCUT2D eigenvalue weighted by molar-refractivity contribution is 1.37. The third kappa shape index (κ3) is 3.43. The van der Waals surface area contributed by atoms with Crippen LogP contribution >= 0.6 is 11.3 Å². The molecule has 3 heteroatoms. The van der Waals surface area contributed by atoms with Crippen LogP contribution in [0.25, 0.3) is 85.9 Å². The molecule has 0 atom stereocenters. The molecular weight excluding hydrogens is 516 g/mol. The Balaban J connectivity index is 1.23. The molecule has 9 rings (SSSR count). The first kappa shape index (κ1) is 22.7. The maximum absolute atomic E-state index is 5.15. The van der Waals surface area contributed by atoms with Crippen molar-refractivity contribution >= 4 is 74.9 Å². The standard InChI is InChI=1S/C38H22N2S/c1-2-12-34-32(7-1)36-28-18-15-25(22-26(28)17-20-35(36)41-34)27-8-3-10-30-29(27)9-4-11-31(30)33-19-16-24-14-13-23-6-5-21-39-37(23)38(24)40-33/h1-22H. The Morgan fingerprint density at radius 2 is 1.22 bits per heavy atom. The summed E-state index contributed by atoms with van der Waals surface area (Å²) in [5.74, 6) is 0. The van der Waals surface area contributed by atoms with Crippen molar-refractivity contribution in [1.29, 1.82) is 0 Å². The number of nitrogens with zero attached hydrogens (tertiary/aromatic N) is 2. The maximum atomic E-state index is 5.15. The summed E-state index contributed by atoms with van der Waals surface area (Å²) in [6, 6.07) is 46.0. The zero-order valence-corrected chi connectivity index (χ0v) is 22.8. The van der Waals surface area contributed by atoms with Crippen molar-refractivity contribution in [2.75, 3.05) is 0 Å². The fourth-order valence-corrected chi connectivity index (χ4v) is 7.50. The van der Waals surface area contributed by atoms with Gasteiger partial charge in [-0.05, 0) is 63.0 Å². The van der Waals surface area contributed by atoms with Gasteiger partial charge in [0.25, 0.3) is 0 Å². The highest BCUT2D eigenvalue weighted by atomic mass is 32.1. The van der Waals surface area contributed by atoms with Crippen LogP contribution < -0.4 is 0 Å². The summed E-state index contributed by atoms with van der Waals surface area (Å²) in [4.78, 5) is 9.81. The van der Waals surface area contributed by atoms with Gasteiger partial charge in [0.2, 0.25) is 0 Å². The Morgan fingerprint density at radius 3 is 2.15 bits per heavy atom. The number of aromatic nitrogens is 2. The molecule has 0 aliphatic carbocycles. The van der Waals surface area contributed by atoms with Crippen LogP contribution in [0.1, 0.15) is 0 Å². The van der Waals surface area contributed by atoms with Crippen molar-refractivity contribution in [1.82, 2.24) is 9.97 Å². The summed E-state index contributed by atoms with van der Waals surface area (Å²) in [7, 11) is 0. The van der Waals surface area contributed by atoms with E-state index in [-0.39, 0.29) is 0 Å². The minimum Gasteiger partial charge on any atom is -0.254 e. The third-order valence-corrected chi connectivity index (χ3v) is 9.44. The molecule has 0 aliphatic rings. The van der Waals surface area contributed by atoms with Crippen molar-refractivity contribution in [2.24, 2.45) is 0 Å². The molecule has 0 radical (unpaired) electrons. The van der Waals surface area contributed by atoms with Crippen molar-refractivity contribution in [2.45, 2.75) is 0 Å². The molecule has 41 heavy (non-hydrogen) atoms. The Labute approximate surface area is 240 Å². The number of hydrogen-bond donors (Lipinski definition) is 0. The van der Waals surface area contributed by atoms with Gasteiger partial charge in [0.05, 0.1) is 16.7 Å². The molecule has 0 saturated carbocycles. The molecule has 0 N–H and O–H groups in total. The summed E-state index contributed by atoms with van der Waals surface area (Å²) in [6.45, 7) is 0. The van der Waals surface area contributed by atoms with E-state index in [2.05, 4.69) is 126 Å². The van der Waals surface area contributed by atoms with Gasteiger partial charge in [-0.15, -0.1) is 11.3 Å². The van der Waals surface area contributed by atoms with Gasteiger partial charge in [0, 0.05) is 42.7 Å². The Kier molecular flexibility index (Phi) is 4.80. The number of rotatable bonds is 2. The minimum atomic E-state index is 0.940. The largest absolute Gasteiger partial charge is 0.254 e. The van der Waals surface area contributed by atoms with Gasteiger partial charge < -0.3 is 0 Å². The van der Waals surface area contributed by atoms with E-state index >= 15 is 0 Å². The Hall–Kier alpha value is -5.12. The summed E-state index contributed by atoms with van der Waals surface area (Å²) in [5, 5.41) is 9.91. The molecule has 0 amide bonds. The van der Waals surface area contributed by atoms with Gasteiger partial charge in [-0.1, -0.05) is 97.1 Å². The molecule has 9 aromatic rings. The second kappa shape index (κ2) is 8.69. The topological polar surface area (TPSA) is 25.8 Å².